The Labute approximate surface area is 101 Å². The quantitative estimate of drug-likeness (QED) is 0.677. The first-order valence-corrected chi connectivity index (χ1v) is 5.70. The molecule has 0 spiro atoms. The molecule has 1 amide bonds. The molecule has 1 aliphatic rings. The van der Waals surface area contributed by atoms with Crippen LogP contribution < -0.4 is 15.8 Å². The number of nitrogens with two attached hydrogens (primary N) is 1. The molecule has 3 N–H and O–H groups in total. The van der Waals surface area contributed by atoms with Gasteiger partial charge in [-0.2, -0.15) is 0 Å². The summed E-state index contributed by atoms with van der Waals surface area (Å²) in [6, 6.07) is 3.83. The molecule has 1 aromatic carbocycles. The third kappa shape index (κ3) is 2.07. The summed E-state index contributed by atoms with van der Waals surface area (Å²) >= 11 is 0. The summed E-state index contributed by atoms with van der Waals surface area (Å²) in [6.07, 6.45) is -0.475. The van der Waals surface area contributed by atoms with E-state index in [0.717, 1.165) is 5.56 Å². The SMILES string of the molecule is CC1Oc2cc(C(C)(C)C)cc(N)c2NC1=O. The second-order valence-electron chi connectivity index (χ2n) is 5.44. The number of carbonyl (C=O) groups excluding carboxylic acids is 1. The van der Waals surface area contributed by atoms with E-state index in [0.29, 0.717) is 17.1 Å². The molecule has 1 aromatic rings. The van der Waals surface area contributed by atoms with Gasteiger partial charge in [-0.15, -0.1) is 0 Å². The summed E-state index contributed by atoms with van der Waals surface area (Å²) in [5.74, 6) is 0.495. The molecule has 1 aliphatic heterocycles. The summed E-state index contributed by atoms with van der Waals surface area (Å²) in [7, 11) is 0. The maximum Gasteiger partial charge on any atom is 0.265 e. The first-order chi connectivity index (χ1) is 7.79. The van der Waals surface area contributed by atoms with Crippen LogP contribution in [0.5, 0.6) is 5.75 Å². The van der Waals surface area contributed by atoms with Crippen molar-refractivity contribution in [1.29, 1.82) is 0 Å². The van der Waals surface area contributed by atoms with Crippen LogP contribution >= 0.6 is 0 Å². The molecule has 0 saturated heterocycles. The van der Waals surface area contributed by atoms with E-state index < -0.39 is 6.10 Å². The van der Waals surface area contributed by atoms with E-state index in [1.165, 1.54) is 0 Å². The maximum absolute atomic E-state index is 11.5. The van der Waals surface area contributed by atoms with Crippen molar-refractivity contribution in [1.82, 2.24) is 0 Å². The van der Waals surface area contributed by atoms with Gasteiger partial charge in [0.25, 0.3) is 5.91 Å². The fourth-order valence-corrected chi connectivity index (χ4v) is 1.77. The number of ether oxygens (including phenoxy) is 1. The maximum atomic E-state index is 11.5. The molecule has 4 heteroatoms. The fraction of sp³-hybridized carbons (Fsp3) is 0.462. The van der Waals surface area contributed by atoms with E-state index >= 15 is 0 Å². The Hall–Kier alpha value is -1.71. The first-order valence-electron chi connectivity index (χ1n) is 5.70. The highest BCUT2D eigenvalue weighted by Gasteiger charge is 2.27. The van der Waals surface area contributed by atoms with Gasteiger partial charge in [-0.3, -0.25) is 4.79 Å². The average Bonchev–Trinajstić information content (AvgIpc) is 2.19. The van der Waals surface area contributed by atoms with Crippen LogP contribution in [0.4, 0.5) is 11.4 Å². The predicted octanol–water partition coefficient (Wildman–Crippen LogP) is 2.29. The second kappa shape index (κ2) is 3.65. The molecule has 0 bridgehead atoms. The second-order valence-corrected chi connectivity index (χ2v) is 5.44. The molecule has 1 atom stereocenters. The molecular weight excluding hydrogens is 216 g/mol. The van der Waals surface area contributed by atoms with Gasteiger partial charge in [0.05, 0.1) is 5.69 Å². The lowest BCUT2D eigenvalue weighted by molar-refractivity contribution is -0.122. The average molecular weight is 234 g/mol. The van der Waals surface area contributed by atoms with Gasteiger partial charge in [0.15, 0.2) is 6.10 Å². The van der Waals surface area contributed by atoms with E-state index in [1.54, 1.807) is 6.92 Å². The lowest BCUT2D eigenvalue weighted by atomic mass is 9.86. The van der Waals surface area contributed by atoms with Crippen molar-refractivity contribution in [2.75, 3.05) is 11.1 Å². The highest BCUT2D eigenvalue weighted by molar-refractivity contribution is 6.00. The summed E-state index contributed by atoms with van der Waals surface area (Å²) < 4.78 is 5.57. The number of hydrogen-bond donors (Lipinski definition) is 2. The number of benzene rings is 1. The molecule has 1 heterocycles. The largest absolute Gasteiger partial charge is 0.479 e. The Balaban J connectivity index is 2.52. The van der Waals surface area contributed by atoms with Gasteiger partial charge in [0, 0.05) is 0 Å². The smallest absolute Gasteiger partial charge is 0.265 e. The van der Waals surface area contributed by atoms with Crippen molar-refractivity contribution in [2.45, 2.75) is 39.2 Å². The summed E-state index contributed by atoms with van der Waals surface area (Å²) in [4.78, 5) is 11.5. The first kappa shape index (κ1) is 11.8. The summed E-state index contributed by atoms with van der Waals surface area (Å²) in [5.41, 5.74) is 8.18. The summed E-state index contributed by atoms with van der Waals surface area (Å²) in [6.45, 7) is 8.05. The predicted molar refractivity (Wildman–Crippen MR) is 68.3 cm³/mol. The van der Waals surface area contributed by atoms with E-state index in [9.17, 15) is 4.79 Å². The molecule has 0 fully saturated rings. The van der Waals surface area contributed by atoms with Crippen molar-refractivity contribution in [2.24, 2.45) is 0 Å². The van der Waals surface area contributed by atoms with Gasteiger partial charge >= 0.3 is 0 Å². The third-order valence-corrected chi connectivity index (χ3v) is 2.92. The van der Waals surface area contributed by atoms with E-state index in [-0.39, 0.29) is 11.3 Å². The number of nitrogens with one attached hydrogen (secondary N) is 1. The van der Waals surface area contributed by atoms with Gasteiger partial charge in [-0.25, -0.2) is 0 Å². The minimum atomic E-state index is -0.475. The molecule has 2 rings (SSSR count). The zero-order chi connectivity index (χ0) is 12.8. The molecular formula is C13H18N2O2. The monoisotopic (exact) mass is 234 g/mol. The van der Waals surface area contributed by atoms with Crippen LogP contribution in [0.3, 0.4) is 0 Å². The van der Waals surface area contributed by atoms with Gasteiger partial charge in [0.2, 0.25) is 0 Å². The van der Waals surface area contributed by atoms with Gasteiger partial charge in [-0.05, 0) is 30.0 Å². The van der Waals surface area contributed by atoms with Gasteiger partial charge in [0.1, 0.15) is 11.4 Å². The summed E-state index contributed by atoms with van der Waals surface area (Å²) in [5, 5.41) is 2.77. The van der Waals surface area contributed by atoms with Crippen LogP contribution in [0.1, 0.15) is 33.3 Å². The highest BCUT2D eigenvalue weighted by Crippen LogP contribution is 2.39. The normalized spacial score (nSPS) is 19.3. The van der Waals surface area contributed by atoms with Crippen molar-refractivity contribution in [3.8, 4) is 5.75 Å². The van der Waals surface area contributed by atoms with Crippen LogP contribution in [-0.4, -0.2) is 12.0 Å². The van der Waals surface area contributed by atoms with Crippen molar-refractivity contribution in [3.05, 3.63) is 17.7 Å². The van der Waals surface area contributed by atoms with Crippen LogP contribution in [0.2, 0.25) is 0 Å². The third-order valence-electron chi connectivity index (χ3n) is 2.92. The highest BCUT2D eigenvalue weighted by atomic mass is 16.5. The van der Waals surface area contributed by atoms with E-state index in [2.05, 4.69) is 26.1 Å². The lowest BCUT2D eigenvalue weighted by Gasteiger charge is -2.27. The fourth-order valence-electron chi connectivity index (χ4n) is 1.77. The number of amides is 1. The minimum absolute atomic E-state index is 0.00277. The van der Waals surface area contributed by atoms with Crippen LogP contribution in [-0.2, 0) is 10.2 Å². The number of anilines is 2. The molecule has 1 unspecified atom stereocenters. The van der Waals surface area contributed by atoms with Crippen molar-refractivity contribution >= 4 is 17.3 Å². The Bertz CT molecular complexity index is 475. The number of nitrogen functional groups attached to an aromatic ring is 1. The van der Waals surface area contributed by atoms with E-state index in [1.807, 2.05) is 12.1 Å². The zero-order valence-corrected chi connectivity index (χ0v) is 10.6. The number of rotatable bonds is 0. The van der Waals surface area contributed by atoms with E-state index in [4.69, 9.17) is 10.5 Å². The Kier molecular flexibility index (Phi) is 2.53. The molecule has 0 saturated carbocycles. The number of hydrogen-bond acceptors (Lipinski definition) is 3. The number of fused-ring (bicyclic) bond motifs is 1. The van der Waals surface area contributed by atoms with Gasteiger partial charge in [-0.1, -0.05) is 20.8 Å². The molecule has 17 heavy (non-hydrogen) atoms. The molecule has 92 valence electrons. The minimum Gasteiger partial charge on any atom is -0.479 e. The Morgan fingerprint density at radius 2 is 2.00 bits per heavy atom. The molecule has 4 nitrogen and oxygen atoms in total. The Morgan fingerprint density at radius 1 is 1.35 bits per heavy atom. The van der Waals surface area contributed by atoms with Gasteiger partial charge < -0.3 is 15.8 Å². The molecule has 0 radical (unpaired) electrons. The zero-order valence-electron chi connectivity index (χ0n) is 10.6. The Morgan fingerprint density at radius 3 is 2.59 bits per heavy atom. The van der Waals surface area contributed by atoms with Crippen LogP contribution in [0.15, 0.2) is 12.1 Å². The van der Waals surface area contributed by atoms with Crippen molar-refractivity contribution < 1.29 is 9.53 Å². The van der Waals surface area contributed by atoms with Crippen LogP contribution in [0, 0.1) is 0 Å². The standard InChI is InChI=1S/C13H18N2O2/c1-7-12(16)15-11-9(14)5-8(13(2,3)4)6-10(11)17-7/h5-7H,14H2,1-4H3,(H,15,16). The number of carbonyl (C=O) groups is 1. The van der Waals surface area contributed by atoms with Crippen molar-refractivity contribution in [3.63, 3.8) is 0 Å². The lowest BCUT2D eigenvalue weighted by Crippen LogP contribution is -2.35. The van der Waals surface area contributed by atoms with Crippen LogP contribution in [0.25, 0.3) is 0 Å². The molecule has 0 aliphatic carbocycles. The molecule has 0 aromatic heterocycles. The topological polar surface area (TPSA) is 64.3 Å².